The number of benzene rings is 1. The topological polar surface area (TPSA) is 139 Å². The van der Waals surface area contributed by atoms with Crippen LogP contribution in [0.25, 0.3) is 5.69 Å². The third-order valence-corrected chi connectivity index (χ3v) is 7.80. The Labute approximate surface area is 221 Å². The largest absolute Gasteiger partial charge is 0.461 e. The molecule has 204 valence electrons. The number of halogens is 1. The monoisotopic (exact) mass is 526 g/mol. The Morgan fingerprint density at radius 1 is 1.16 bits per heavy atom. The summed E-state index contributed by atoms with van der Waals surface area (Å²) in [6.07, 6.45) is 3.44. The summed E-state index contributed by atoms with van der Waals surface area (Å²) in [5, 5.41) is 3.33. The van der Waals surface area contributed by atoms with Gasteiger partial charge in [0.15, 0.2) is 5.78 Å². The quantitative estimate of drug-likeness (QED) is 0.490. The Bertz CT molecular complexity index is 1310. The predicted molar refractivity (Wildman–Crippen MR) is 139 cm³/mol. The number of hydrogen-bond donors (Lipinski definition) is 3. The van der Waals surface area contributed by atoms with E-state index in [4.69, 9.17) is 20.9 Å². The lowest BCUT2D eigenvalue weighted by Gasteiger charge is -2.31. The number of carbonyl (C=O) groups excluding carboxylic acids is 3. The molecule has 5 rings (SSSR count). The fraction of sp³-hybridized carbons (Fsp3) is 0.536. The maximum absolute atomic E-state index is 15.5. The number of ketones is 1. The second-order valence-corrected chi connectivity index (χ2v) is 11.6. The van der Waals surface area contributed by atoms with Crippen molar-refractivity contribution in [3.63, 3.8) is 0 Å². The van der Waals surface area contributed by atoms with Gasteiger partial charge in [-0.2, -0.15) is 0 Å². The molecule has 2 heterocycles. The molecule has 0 saturated heterocycles. The summed E-state index contributed by atoms with van der Waals surface area (Å²) in [4.78, 5) is 37.2. The third-order valence-electron chi connectivity index (χ3n) is 7.80. The Morgan fingerprint density at radius 2 is 1.87 bits per heavy atom. The molecule has 0 spiro atoms. The predicted octanol–water partition coefficient (Wildman–Crippen LogP) is 3.51. The van der Waals surface area contributed by atoms with Crippen LogP contribution in [0.1, 0.15) is 90.5 Å². The van der Waals surface area contributed by atoms with E-state index in [9.17, 15) is 14.4 Å². The molecule has 0 unspecified atom stereocenters. The van der Waals surface area contributed by atoms with Crippen LogP contribution in [0, 0.1) is 11.2 Å². The standard InChI is InChI=1S/C28H35FN4O5/c1-14(30)27(36)38-17-6-4-15(5-7-17)32-20-9-16(8-19(29)25(20)26(31)35)33-21-10-28(2,3)11-23(34)24(21)18-12-37-13-22(18)33/h8-9,14-15,17,32H,4-7,10-13,30H2,1-3H3,(H2,31,35)/t14-,15-,17-/m0/s1. The molecule has 1 amide bonds. The second-order valence-electron chi connectivity index (χ2n) is 11.6. The van der Waals surface area contributed by atoms with Gasteiger partial charge in [0.25, 0.3) is 5.91 Å². The number of fused-ring (bicyclic) bond motifs is 3. The number of nitrogens with two attached hydrogens (primary N) is 2. The number of ether oxygens (including phenoxy) is 2. The molecular formula is C28H35FN4O5. The van der Waals surface area contributed by atoms with Gasteiger partial charge in [-0.1, -0.05) is 13.8 Å². The molecule has 1 aromatic carbocycles. The molecule has 1 aromatic heterocycles. The van der Waals surface area contributed by atoms with Crippen molar-refractivity contribution in [3.8, 4) is 5.69 Å². The van der Waals surface area contributed by atoms with Crippen LogP contribution in [0.3, 0.4) is 0 Å². The Morgan fingerprint density at radius 3 is 2.53 bits per heavy atom. The first-order chi connectivity index (χ1) is 17.9. The SMILES string of the molecule is C[C@H](N)C(=O)O[C@H]1CC[C@H](Nc2cc(-n3c4c(c5c3CC(C)(C)CC5=O)COC4)cc(F)c2C(N)=O)CC1. The van der Waals surface area contributed by atoms with Gasteiger partial charge in [0, 0.05) is 29.3 Å². The number of esters is 1. The van der Waals surface area contributed by atoms with E-state index >= 15 is 4.39 Å². The lowest BCUT2D eigenvalue weighted by atomic mass is 9.75. The average Bonchev–Trinajstić information content (AvgIpc) is 3.38. The first-order valence-corrected chi connectivity index (χ1v) is 13.2. The highest BCUT2D eigenvalue weighted by atomic mass is 19.1. The minimum atomic E-state index is -0.865. The third kappa shape index (κ3) is 4.82. The number of amides is 1. The highest BCUT2D eigenvalue weighted by Gasteiger charge is 2.39. The molecule has 2 aliphatic carbocycles. The Balaban J connectivity index is 1.48. The minimum absolute atomic E-state index is 0.0684. The number of rotatable bonds is 6. The number of hydrogen-bond acceptors (Lipinski definition) is 7. The summed E-state index contributed by atoms with van der Waals surface area (Å²) < 4.78 is 28.5. The molecule has 9 nitrogen and oxygen atoms in total. The van der Waals surface area contributed by atoms with Crippen molar-refractivity contribution in [1.29, 1.82) is 0 Å². The first-order valence-electron chi connectivity index (χ1n) is 13.2. The summed E-state index contributed by atoms with van der Waals surface area (Å²) >= 11 is 0. The molecule has 10 heteroatoms. The molecule has 1 atom stereocenters. The highest BCUT2D eigenvalue weighted by Crippen LogP contribution is 2.43. The molecule has 1 saturated carbocycles. The number of Topliss-reactive ketones (excluding diaryl/α,β-unsaturated/α-hetero) is 1. The van der Waals surface area contributed by atoms with Crippen molar-refractivity contribution in [2.45, 2.75) is 90.7 Å². The van der Waals surface area contributed by atoms with E-state index in [2.05, 4.69) is 19.2 Å². The summed E-state index contributed by atoms with van der Waals surface area (Å²) in [7, 11) is 0. The maximum atomic E-state index is 15.5. The van der Waals surface area contributed by atoms with Crippen molar-refractivity contribution >= 4 is 23.3 Å². The van der Waals surface area contributed by atoms with Crippen molar-refractivity contribution < 1.29 is 28.2 Å². The van der Waals surface area contributed by atoms with E-state index in [-0.39, 0.29) is 28.9 Å². The van der Waals surface area contributed by atoms with Gasteiger partial charge < -0.3 is 30.8 Å². The van der Waals surface area contributed by atoms with Gasteiger partial charge in [-0.25, -0.2) is 4.39 Å². The minimum Gasteiger partial charge on any atom is -0.461 e. The molecule has 0 radical (unpaired) electrons. The van der Waals surface area contributed by atoms with Gasteiger partial charge >= 0.3 is 5.97 Å². The summed E-state index contributed by atoms with van der Waals surface area (Å²) in [6.45, 7) is 6.36. The molecule has 3 aliphatic rings. The van der Waals surface area contributed by atoms with Crippen LogP contribution < -0.4 is 16.8 Å². The normalized spacial score (nSPS) is 22.9. The van der Waals surface area contributed by atoms with Gasteiger partial charge in [-0.15, -0.1) is 0 Å². The highest BCUT2D eigenvalue weighted by molar-refractivity contribution is 6.01. The summed E-state index contributed by atoms with van der Waals surface area (Å²) in [5.41, 5.74) is 14.8. The van der Waals surface area contributed by atoms with Crippen LogP contribution in [0.4, 0.5) is 10.1 Å². The van der Waals surface area contributed by atoms with E-state index in [1.165, 1.54) is 6.07 Å². The maximum Gasteiger partial charge on any atom is 0.322 e. The zero-order valence-electron chi connectivity index (χ0n) is 22.1. The Hall–Kier alpha value is -3.24. The van der Waals surface area contributed by atoms with E-state index < -0.39 is 23.7 Å². The van der Waals surface area contributed by atoms with Gasteiger partial charge in [-0.3, -0.25) is 14.4 Å². The number of nitrogens with zero attached hydrogens (tertiary/aromatic N) is 1. The van der Waals surface area contributed by atoms with Crippen molar-refractivity contribution in [1.82, 2.24) is 4.57 Å². The van der Waals surface area contributed by atoms with Crippen LogP contribution in [-0.2, 0) is 33.9 Å². The van der Waals surface area contributed by atoms with Crippen molar-refractivity contribution in [3.05, 3.63) is 46.0 Å². The summed E-state index contributed by atoms with van der Waals surface area (Å²) in [5.74, 6) is -1.95. The number of carbonyl (C=O) groups is 3. The van der Waals surface area contributed by atoms with Crippen LogP contribution >= 0.6 is 0 Å². The van der Waals surface area contributed by atoms with Crippen LogP contribution in [0.2, 0.25) is 0 Å². The smallest absolute Gasteiger partial charge is 0.322 e. The molecular weight excluding hydrogens is 491 g/mol. The molecule has 1 fully saturated rings. The van der Waals surface area contributed by atoms with E-state index in [1.807, 2.05) is 4.57 Å². The fourth-order valence-corrected chi connectivity index (χ4v) is 6.03. The molecule has 0 bridgehead atoms. The molecule has 2 aromatic rings. The second kappa shape index (κ2) is 9.81. The van der Waals surface area contributed by atoms with Gasteiger partial charge in [-0.05, 0) is 56.6 Å². The van der Waals surface area contributed by atoms with E-state index in [1.54, 1.807) is 13.0 Å². The lowest BCUT2D eigenvalue weighted by Crippen LogP contribution is -2.36. The molecule has 38 heavy (non-hydrogen) atoms. The number of anilines is 1. The average molecular weight is 527 g/mol. The van der Waals surface area contributed by atoms with Crippen LogP contribution in [-0.4, -0.2) is 40.4 Å². The zero-order valence-corrected chi connectivity index (χ0v) is 22.1. The zero-order chi connectivity index (χ0) is 27.4. The van der Waals surface area contributed by atoms with E-state index in [0.717, 1.165) is 17.0 Å². The molecule has 5 N–H and O–H groups in total. The lowest BCUT2D eigenvalue weighted by molar-refractivity contribution is -0.151. The van der Waals surface area contributed by atoms with Gasteiger partial charge in [0.2, 0.25) is 0 Å². The first kappa shape index (κ1) is 26.4. The fourth-order valence-electron chi connectivity index (χ4n) is 6.03. The number of primary amides is 1. The Kier molecular flexibility index (Phi) is 6.81. The van der Waals surface area contributed by atoms with Crippen molar-refractivity contribution in [2.75, 3.05) is 5.32 Å². The van der Waals surface area contributed by atoms with Crippen LogP contribution in [0.5, 0.6) is 0 Å². The van der Waals surface area contributed by atoms with Gasteiger partial charge in [0.05, 0.1) is 35.8 Å². The van der Waals surface area contributed by atoms with Gasteiger partial charge in [0.1, 0.15) is 18.0 Å². The summed E-state index contributed by atoms with van der Waals surface area (Å²) in [6, 6.07) is 2.29. The van der Waals surface area contributed by atoms with Crippen LogP contribution in [0.15, 0.2) is 12.1 Å². The molecule has 1 aliphatic heterocycles. The van der Waals surface area contributed by atoms with Crippen molar-refractivity contribution in [2.24, 2.45) is 16.9 Å². The number of aromatic nitrogens is 1. The van der Waals surface area contributed by atoms with E-state index in [0.29, 0.717) is 68.7 Å². The number of nitrogens with one attached hydrogen (secondary N) is 1.